The number of hydrogen-bond acceptors (Lipinski definition) is 8. The summed E-state index contributed by atoms with van der Waals surface area (Å²) in [5, 5.41) is 18.2. The molecule has 2 aromatic rings. The molecule has 0 spiro atoms. The highest BCUT2D eigenvalue weighted by atomic mass is 19.4. The molecule has 1 aromatic heterocycles. The van der Waals surface area contributed by atoms with Crippen molar-refractivity contribution in [2.24, 2.45) is 5.73 Å². The van der Waals surface area contributed by atoms with Crippen LogP contribution in [0.2, 0.25) is 0 Å². The number of nitrogens with one attached hydrogen (secondary N) is 4. The third-order valence-corrected chi connectivity index (χ3v) is 5.11. The Kier molecular flexibility index (Phi) is 19.7. The third-order valence-electron chi connectivity index (χ3n) is 5.11. The van der Waals surface area contributed by atoms with E-state index in [1.165, 1.54) is 25.0 Å². The Labute approximate surface area is 253 Å². The van der Waals surface area contributed by atoms with Gasteiger partial charge in [-0.3, -0.25) is 29.0 Å². The monoisotopic (exact) mass is 627 g/mol. The lowest BCUT2D eigenvalue weighted by molar-refractivity contribution is -0.212. The Hall–Kier alpha value is -4.60. The van der Waals surface area contributed by atoms with E-state index in [4.69, 9.17) is 10.8 Å². The van der Waals surface area contributed by atoms with Crippen molar-refractivity contribution in [1.82, 2.24) is 31.2 Å². The minimum atomic E-state index is -4.95. The van der Waals surface area contributed by atoms with E-state index in [1.807, 2.05) is 47.9 Å². The van der Waals surface area contributed by atoms with E-state index >= 15 is 0 Å². The summed E-state index contributed by atoms with van der Waals surface area (Å²) in [6, 6.07) is 8.18. The van der Waals surface area contributed by atoms with Gasteiger partial charge in [-0.25, -0.2) is 4.98 Å². The Bertz CT molecular complexity index is 1140. The Balaban J connectivity index is 0.000000780. The average molecular weight is 628 g/mol. The van der Waals surface area contributed by atoms with Crippen molar-refractivity contribution in [3.63, 3.8) is 0 Å². The zero-order chi connectivity index (χ0) is 33.5. The SMILES string of the molecule is CC(Cc1ccccc1)NC(=O)CNC(=O)c1cnccn1.CCC.NC(=O)CCC(NC(=O)CNC=O)C(O)C(F)(F)F. The Morgan fingerprint density at radius 2 is 1.64 bits per heavy atom. The second-order valence-corrected chi connectivity index (χ2v) is 9.30. The average Bonchev–Trinajstić information content (AvgIpc) is 2.97. The Morgan fingerprint density at radius 3 is 2.16 bits per heavy atom. The van der Waals surface area contributed by atoms with E-state index in [-0.39, 0.29) is 30.6 Å². The van der Waals surface area contributed by atoms with Gasteiger partial charge in [0.05, 0.1) is 25.3 Å². The van der Waals surface area contributed by atoms with Crippen LogP contribution in [0.3, 0.4) is 0 Å². The predicted molar refractivity (Wildman–Crippen MR) is 155 cm³/mol. The number of halogens is 3. The van der Waals surface area contributed by atoms with Crippen LogP contribution in [0.1, 0.15) is 56.1 Å². The lowest BCUT2D eigenvalue weighted by atomic mass is 10.0. The first-order valence-electron chi connectivity index (χ1n) is 13.6. The van der Waals surface area contributed by atoms with Crippen molar-refractivity contribution in [1.29, 1.82) is 0 Å². The summed E-state index contributed by atoms with van der Waals surface area (Å²) in [5.41, 5.74) is 6.13. The highest BCUT2D eigenvalue weighted by Gasteiger charge is 2.44. The molecule has 0 saturated carbocycles. The van der Waals surface area contributed by atoms with Crippen molar-refractivity contribution >= 4 is 30.0 Å². The van der Waals surface area contributed by atoms with Gasteiger partial charge in [-0.1, -0.05) is 50.6 Å². The largest absolute Gasteiger partial charge is 0.416 e. The van der Waals surface area contributed by atoms with Gasteiger partial charge < -0.3 is 32.1 Å². The number of hydrogen-bond donors (Lipinski definition) is 6. The standard InChI is InChI=1S/C16H18N4O2.C9H14F3N3O4.C3H8/c1-12(9-13-5-3-2-4-6-13)20-15(21)11-19-16(22)14-10-17-7-8-18-14;10-9(11,12)8(19)5(1-2-6(13)17)15-7(18)3-14-4-16;1-3-2/h2-8,10,12H,9,11H2,1H3,(H,19,22)(H,20,21);4-5,8,19H,1-3H2,(H2,13,17)(H,14,16)(H,15,18);3H2,1-2H3. The topological polar surface area (TPSA) is 205 Å². The third kappa shape index (κ3) is 18.8. The van der Waals surface area contributed by atoms with Crippen LogP contribution in [0, 0.1) is 0 Å². The minimum Gasteiger partial charge on any atom is -0.382 e. The second kappa shape index (κ2) is 22.0. The van der Waals surface area contributed by atoms with Crippen LogP contribution in [0.5, 0.6) is 0 Å². The van der Waals surface area contributed by atoms with Gasteiger partial charge in [0.2, 0.25) is 24.1 Å². The van der Waals surface area contributed by atoms with Crippen LogP contribution in [-0.2, 0) is 25.6 Å². The molecule has 1 heterocycles. The highest BCUT2D eigenvalue weighted by molar-refractivity contribution is 5.94. The number of carbonyl (C=O) groups excluding carboxylic acids is 5. The number of carbonyl (C=O) groups is 5. The van der Waals surface area contributed by atoms with E-state index in [2.05, 4.69) is 34.4 Å². The van der Waals surface area contributed by atoms with Gasteiger partial charge in [-0.2, -0.15) is 13.2 Å². The smallest absolute Gasteiger partial charge is 0.382 e. The van der Waals surface area contributed by atoms with Crippen molar-refractivity contribution in [2.75, 3.05) is 13.1 Å². The molecular formula is C28H40F3N7O6. The molecule has 7 N–H and O–H groups in total. The summed E-state index contributed by atoms with van der Waals surface area (Å²) in [7, 11) is 0. The quantitative estimate of drug-likeness (QED) is 0.165. The van der Waals surface area contributed by atoms with Gasteiger partial charge in [-0.05, 0) is 25.3 Å². The molecule has 0 fully saturated rings. The molecule has 5 amide bonds. The molecule has 0 aliphatic heterocycles. The van der Waals surface area contributed by atoms with E-state index < -0.39 is 55.4 Å². The molecule has 44 heavy (non-hydrogen) atoms. The zero-order valence-electron chi connectivity index (χ0n) is 24.8. The molecule has 16 heteroatoms. The van der Waals surface area contributed by atoms with Crippen molar-refractivity contribution in [2.45, 2.75) is 70.8 Å². The zero-order valence-corrected chi connectivity index (χ0v) is 24.8. The maximum atomic E-state index is 12.3. The van der Waals surface area contributed by atoms with Crippen LogP contribution < -0.4 is 27.0 Å². The van der Waals surface area contributed by atoms with E-state index in [9.17, 15) is 37.1 Å². The molecule has 3 atom stereocenters. The fourth-order valence-corrected chi connectivity index (χ4v) is 3.24. The molecule has 13 nitrogen and oxygen atoms in total. The normalized spacial score (nSPS) is 12.3. The molecule has 2 rings (SSSR count). The first kappa shape index (κ1) is 39.4. The van der Waals surface area contributed by atoms with Gasteiger partial charge in [0.25, 0.3) is 5.91 Å². The highest BCUT2D eigenvalue weighted by Crippen LogP contribution is 2.24. The number of aliphatic hydroxyl groups is 1. The molecular weight excluding hydrogens is 587 g/mol. The van der Waals surface area contributed by atoms with Crippen LogP contribution in [0.25, 0.3) is 0 Å². The van der Waals surface area contributed by atoms with Gasteiger partial charge in [-0.15, -0.1) is 0 Å². The second-order valence-electron chi connectivity index (χ2n) is 9.30. The lowest BCUT2D eigenvalue weighted by Crippen LogP contribution is -2.51. The summed E-state index contributed by atoms with van der Waals surface area (Å²) in [6.07, 6.45) is -2.23. The number of rotatable bonds is 14. The molecule has 0 saturated heterocycles. The molecule has 244 valence electrons. The van der Waals surface area contributed by atoms with Crippen LogP contribution in [0.15, 0.2) is 48.9 Å². The number of primary amides is 1. The number of aliphatic hydroxyl groups excluding tert-OH is 1. The number of benzene rings is 1. The molecule has 0 bridgehead atoms. The van der Waals surface area contributed by atoms with E-state index in [0.717, 1.165) is 12.0 Å². The summed E-state index contributed by atoms with van der Waals surface area (Å²) >= 11 is 0. The molecule has 0 aliphatic carbocycles. The van der Waals surface area contributed by atoms with Gasteiger partial charge in [0, 0.05) is 24.9 Å². The number of nitrogens with zero attached hydrogens (tertiary/aromatic N) is 2. The lowest BCUT2D eigenvalue weighted by Gasteiger charge is -2.25. The van der Waals surface area contributed by atoms with E-state index in [0.29, 0.717) is 0 Å². The van der Waals surface area contributed by atoms with Gasteiger partial charge in [0.1, 0.15) is 5.69 Å². The summed E-state index contributed by atoms with van der Waals surface area (Å²) in [4.78, 5) is 62.8. The fourth-order valence-electron chi connectivity index (χ4n) is 3.24. The van der Waals surface area contributed by atoms with E-state index in [1.54, 1.807) is 0 Å². The molecule has 0 radical (unpaired) electrons. The fraction of sp³-hybridized carbons (Fsp3) is 0.464. The minimum absolute atomic E-state index is 0.0108. The molecule has 0 aliphatic rings. The predicted octanol–water partition coefficient (Wildman–Crippen LogP) is 0.776. The maximum absolute atomic E-state index is 12.3. The number of nitrogens with two attached hydrogens (primary N) is 1. The molecule has 3 unspecified atom stereocenters. The first-order valence-corrected chi connectivity index (χ1v) is 13.6. The van der Waals surface area contributed by atoms with Crippen LogP contribution in [0.4, 0.5) is 13.2 Å². The molecule has 1 aromatic carbocycles. The van der Waals surface area contributed by atoms with Crippen LogP contribution in [-0.4, -0.2) is 82.6 Å². The Morgan fingerprint density at radius 1 is 1.02 bits per heavy atom. The maximum Gasteiger partial charge on any atom is 0.416 e. The van der Waals surface area contributed by atoms with Crippen molar-refractivity contribution in [3.8, 4) is 0 Å². The summed E-state index contributed by atoms with van der Waals surface area (Å²) in [5.74, 6) is -2.44. The van der Waals surface area contributed by atoms with Crippen molar-refractivity contribution in [3.05, 3.63) is 60.2 Å². The summed E-state index contributed by atoms with van der Waals surface area (Å²) in [6.45, 7) is 5.55. The van der Waals surface area contributed by atoms with Crippen molar-refractivity contribution < 1.29 is 42.3 Å². The van der Waals surface area contributed by atoms with Gasteiger partial charge >= 0.3 is 6.18 Å². The summed E-state index contributed by atoms with van der Waals surface area (Å²) < 4.78 is 37.0. The number of amides is 5. The first-order chi connectivity index (χ1) is 20.7. The number of alkyl halides is 3. The number of aromatic nitrogens is 2. The van der Waals surface area contributed by atoms with Crippen LogP contribution >= 0.6 is 0 Å². The van der Waals surface area contributed by atoms with Gasteiger partial charge in [0.15, 0.2) is 6.10 Å².